The van der Waals surface area contributed by atoms with Crippen LogP contribution in [0.5, 0.6) is 0 Å². The number of nitrogens with one attached hydrogen (secondary N) is 3. The highest BCUT2D eigenvalue weighted by molar-refractivity contribution is 6.14. The van der Waals surface area contributed by atoms with E-state index in [1.54, 1.807) is 42.7 Å². The van der Waals surface area contributed by atoms with Crippen molar-refractivity contribution in [2.45, 2.75) is 25.3 Å². The largest absolute Gasteiger partial charge is 0.402 e. The number of rotatable bonds is 6. The molecule has 1 unspecified atom stereocenters. The number of pyridine rings is 2. The second-order valence-corrected chi connectivity index (χ2v) is 11.9. The Bertz CT molecular complexity index is 2370. The zero-order valence-electron chi connectivity index (χ0n) is 27.1. The number of nitrogens with zero attached hydrogens (tertiary/aromatic N) is 3. The van der Waals surface area contributed by atoms with Crippen LogP contribution in [0.15, 0.2) is 131 Å². The number of aromatic nitrogens is 3. The molecule has 4 aromatic carbocycles. The molecule has 0 bridgehead atoms. The first-order valence-corrected chi connectivity index (χ1v) is 16.5. The summed E-state index contributed by atoms with van der Waals surface area (Å²) in [6.45, 7) is 1.53. The predicted molar refractivity (Wildman–Crippen MR) is 195 cm³/mol. The molecule has 4 heterocycles. The van der Waals surface area contributed by atoms with E-state index in [4.69, 9.17) is 4.42 Å². The molecule has 3 N–H and O–H groups in total. The summed E-state index contributed by atoms with van der Waals surface area (Å²) in [6, 6.07) is 34.3. The fourth-order valence-electron chi connectivity index (χ4n) is 6.14. The van der Waals surface area contributed by atoms with Crippen molar-refractivity contribution in [2.75, 3.05) is 18.4 Å². The molecule has 1 atom stereocenters. The van der Waals surface area contributed by atoms with E-state index in [1.807, 2.05) is 78.9 Å². The van der Waals surface area contributed by atoms with Crippen molar-refractivity contribution < 1.29 is 14.0 Å². The highest BCUT2D eigenvalue weighted by Crippen LogP contribution is 2.27. The van der Waals surface area contributed by atoms with Crippen molar-refractivity contribution in [3.8, 4) is 11.5 Å². The van der Waals surface area contributed by atoms with Gasteiger partial charge in [-0.25, -0.2) is 19.7 Å². The molecular formula is C40H34N6O4. The maximum atomic E-state index is 12.9. The van der Waals surface area contributed by atoms with E-state index >= 15 is 0 Å². The molecule has 8 rings (SSSR count). The van der Waals surface area contributed by atoms with E-state index in [0.29, 0.717) is 29.2 Å². The first-order chi connectivity index (χ1) is 24.5. The molecule has 3 aromatic heterocycles. The lowest BCUT2D eigenvalue weighted by atomic mass is 10.0. The maximum absolute atomic E-state index is 12.9. The number of anilines is 1. The number of carbonyl (C=O) groups is 2. The Labute approximate surface area is 287 Å². The van der Waals surface area contributed by atoms with Crippen molar-refractivity contribution in [1.82, 2.24) is 25.6 Å². The third-order valence-corrected chi connectivity index (χ3v) is 8.64. The molecule has 7 aromatic rings. The molecule has 1 saturated heterocycles. The van der Waals surface area contributed by atoms with E-state index in [1.165, 1.54) is 12.8 Å². The summed E-state index contributed by atoms with van der Waals surface area (Å²) in [5.74, 6) is -0.235. The zero-order valence-corrected chi connectivity index (χ0v) is 27.1. The van der Waals surface area contributed by atoms with Crippen LogP contribution in [-0.2, 0) is 0 Å². The Kier molecular flexibility index (Phi) is 9.61. The van der Waals surface area contributed by atoms with Gasteiger partial charge in [-0.15, -0.1) is 0 Å². The summed E-state index contributed by atoms with van der Waals surface area (Å²) < 4.78 is 5.36. The highest BCUT2D eigenvalue weighted by Gasteiger charge is 2.19. The molecule has 0 saturated carbocycles. The van der Waals surface area contributed by atoms with Gasteiger partial charge in [-0.05, 0) is 77.3 Å². The van der Waals surface area contributed by atoms with E-state index in [9.17, 15) is 14.4 Å². The standard InChI is InChI=1S/C23H24N4O2.C17H10N2O2/c28-22(19-11-5-8-16-7-1-2-10-18(16)19)27-20-12-6-14-25-21(20)23(29)26-15-17-9-3-4-13-24-17;20-17-15-14(9-4-10-18-15)19-16(21-17)13-8-3-6-11-5-1-2-7-12(11)13/h1-2,5-8,10-12,14,17,24H,3-4,9,13,15H2,(H,26,29)(H,27,28);1-10H. The van der Waals surface area contributed by atoms with Crippen molar-refractivity contribution in [3.63, 3.8) is 0 Å². The van der Waals surface area contributed by atoms with Crippen LogP contribution in [0.1, 0.15) is 40.1 Å². The highest BCUT2D eigenvalue weighted by atomic mass is 16.4. The Balaban J connectivity index is 0.000000165. The molecular weight excluding hydrogens is 628 g/mol. The minimum atomic E-state index is -0.469. The molecule has 1 aliphatic rings. The van der Waals surface area contributed by atoms with Gasteiger partial charge in [-0.1, -0.05) is 79.2 Å². The summed E-state index contributed by atoms with van der Waals surface area (Å²) in [7, 11) is 0. The van der Waals surface area contributed by atoms with Gasteiger partial charge in [0, 0.05) is 36.1 Å². The Morgan fingerprint density at radius 2 is 1.48 bits per heavy atom. The summed E-state index contributed by atoms with van der Waals surface area (Å²) in [4.78, 5) is 50.3. The molecule has 2 amide bonds. The van der Waals surface area contributed by atoms with Gasteiger partial charge in [0.1, 0.15) is 5.52 Å². The van der Waals surface area contributed by atoms with Crippen LogP contribution in [0.2, 0.25) is 0 Å². The van der Waals surface area contributed by atoms with Crippen molar-refractivity contribution >= 4 is 50.1 Å². The average molecular weight is 663 g/mol. The lowest BCUT2D eigenvalue weighted by Gasteiger charge is -2.23. The topological polar surface area (TPSA) is 139 Å². The van der Waals surface area contributed by atoms with Crippen molar-refractivity contribution in [1.29, 1.82) is 0 Å². The van der Waals surface area contributed by atoms with Gasteiger partial charge in [0.25, 0.3) is 11.8 Å². The summed E-state index contributed by atoms with van der Waals surface area (Å²) in [5, 5.41) is 13.1. The Morgan fingerprint density at radius 1 is 0.760 bits per heavy atom. The van der Waals surface area contributed by atoms with E-state index in [-0.39, 0.29) is 29.1 Å². The Morgan fingerprint density at radius 3 is 2.30 bits per heavy atom. The molecule has 0 radical (unpaired) electrons. The van der Waals surface area contributed by atoms with Crippen LogP contribution < -0.4 is 21.6 Å². The second kappa shape index (κ2) is 14.9. The Hall–Kier alpha value is -6.26. The number of hydrogen-bond acceptors (Lipinski definition) is 8. The van der Waals surface area contributed by atoms with Gasteiger partial charge in [0.15, 0.2) is 11.2 Å². The van der Waals surface area contributed by atoms with Gasteiger partial charge in [0.05, 0.1) is 5.69 Å². The van der Waals surface area contributed by atoms with Gasteiger partial charge < -0.3 is 20.4 Å². The monoisotopic (exact) mass is 662 g/mol. The average Bonchev–Trinajstić information content (AvgIpc) is 3.17. The van der Waals surface area contributed by atoms with E-state index in [2.05, 4.69) is 30.9 Å². The molecule has 50 heavy (non-hydrogen) atoms. The number of piperidine rings is 1. The lowest BCUT2D eigenvalue weighted by Crippen LogP contribution is -2.43. The van der Waals surface area contributed by atoms with Crippen LogP contribution in [0.4, 0.5) is 5.69 Å². The lowest BCUT2D eigenvalue weighted by molar-refractivity contribution is 0.0943. The molecule has 10 heteroatoms. The van der Waals surface area contributed by atoms with Crippen LogP contribution in [0, 0.1) is 0 Å². The SMILES string of the molecule is O=C(NCC1CCCCN1)c1ncccc1NC(=O)c1cccc2ccccc12.O=c1oc(-c2cccc3ccccc23)nc2cccnc12. The maximum Gasteiger partial charge on any atom is 0.365 e. The van der Waals surface area contributed by atoms with Crippen LogP contribution in [0.3, 0.4) is 0 Å². The van der Waals surface area contributed by atoms with Gasteiger partial charge in [0.2, 0.25) is 5.89 Å². The minimum absolute atomic E-state index is 0.219. The quantitative estimate of drug-likeness (QED) is 0.178. The molecule has 0 aliphatic carbocycles. The third-order valence-electron chi connectivity index (χ3n) is 8.64. The van der Waals surface area contributed by atoms with E-state index < -0.39 is 5.63 Å². The number of hydrogen-bond donors (Lipinski definition) is 3. The predicted octanol–water partition coefficient (Wildman–Crippen LogP) is 6.76. The number of benzene rings is 4. The smallest absolute Gasteiger partial charge is 0.365 e. The van der Waals surface area contributed by atoms with Crippen LogP contribution in [-0.4, -0.2) is 45.9 Å². The summed E-state index contributed by atoms with van der Waals surface area (Å²) in [5.41, 5.74) is 2.30. The zero-order chi connectivity index (χ0) is 34.3. The first kappa shape index (κ1) is 32.3. The van der Waals surface area contributed by atoms with Crippen LogP contribution >= 0.6 is 0 Å². The summed E-state index contributed by atoms with van der Waals surface area (Å²) >= 11 is 0. The number of fused-ring (bicyclic) bond motifs is 3. The molecule has 0 spiro atoms. The van der Waals surface area contributed by atoms with Crippen molar-refractivity contribution in [2.24, 2.45) is 0 Å². The minimum Gasteiger partial charge on any atom is -0.402 e. The van der Waals surface area contributed by atoms with Crippen LogP contribution in [0.25, 0.3) is 44.0 Å². The molecule has 10 nitrogen and oxygen atoms in total. The van der Waals surface area contributed by atoms with Gasteiger partial charge >= 0.3 is 5.63 Å². The number of carbonyl (C=O) groups excluding carboxylic acids is 2. The van der Waals surface area contributed by atoms with Gasteiger partial charge in [-0.3, -0.25) is 9.59 Å². The molecule has 248 valence electrons. The summed E-state index contributed by atoms with van der Waals surface area (Å²) in [6.07, 6.45) is 6.51. The number of amides is 2. The van der Waals surface area contributed by atoms with E-state index in [0.717, 1.165) is 40.1 Å². The third kappa shape index (κ3) is 7.11. The molecule has 1 fully saturated rings. The normalized spacial score (nSPS) is 14.1. The molecule has 1 aliphatic heterocycles. The fraction of sp³-hybridized carbons (Fsp3) is 0.150. The van der Waals surface area contributed by atoms with Gasteiger partial charge in [-0.2, -0.15) is 0 Å². The fourth-order valence-corrected chi connectivity index (χ4v) is 6.14. The van der Waals surface area contributed by atoms with Crippen molar-refractivity contribution in [3.05, 3.63) is 143 Å². The second-order valence-electron chi connectivity index (χ2n) is 11.9. The first-order valence-electron chi connectivity index (χ1n) is 16.5.